The van der Waals surface area contributed by atoms with Crippen LogP contribution in [0.2, 0.25) is 0 Å². The van der Waals surface area contributed by atoms with Crippen LogP contribution < -0.4 is 4.90 Å². The van der Waals surface area contributed by atoms with Crippen molar-refractivity contribution in [3.05, 3.63) is 29.8 Å². The van der Waals surface area contributed by atoms with Crippen LogP contribution in [0.1, 0.15) is 18.4 Å². The molecular formula is C14H18N2O. The standard InChI is InChI=1S/C14H18N2O/c1-17-11-13-6-8-16(9-7-13)14-4-2-12(10-15)3-5-14/h2-5,13H,6-9,11H2,1H3. The van der Waals surface area contributed by atoms with E-state index in [0.717, 1.165) is 25.3 Å². The van der Waals surface area contributed by atoms with Gasteiger partial charge in [0.15, 0.2) is 0 Å². The van der Waals surface area contributed by atoms with Crippen molar-refractivity contribution in [2.24, 2.45) is 5.92 Å². The Morgan fingerprint density at radius 3 is 2.47 bits per heavy atom. The summed E-state index contributed by atoms with van der Waals surface area (Å²) in [5.74, 6) is 0.703. The topological polar surface area (TPSA) is 36.3 Å². The van der Waals surface area contributed by atoms with E-state index in [4.69, 9.17) is 10.00 Å². The third-order valence-corrected chi connectivity index (χ3v) is 3.38. The minimum atomic E-state index is 0.703. The number of rotatable bonds is 3. The van der Waals surface area contributed by atoms with Gasteiger partial charge in [-0.25, -0.2) is 0 Å². The quantitative estimate of drug-likeness (QED) is 0.800. The number of benzene rings is 1. The van der Waals surface area contributed by atoms with Crippen LogP contribution in [0.4, 0.5) is 5.69 Å². The molecule has 1 saturated heterocycles. The zero-order chi connectivity index (χ0) is 12.1. The van der Waals surface area contributed by atoms with E-state index in [1.54, 1.807) is 7.11 Å². The summed E-state index contributed by atoms with van der Waals surface area (Å²) in [5.41, 5.74) is 1.95. The molecule has 0 N–H and O–H groups in total. The van der Waals surface area contributed by atoms with Crippen molar-refractivity contribution < 1.29 is 4.74 Å². The summed E-state index contributed by atoms with van der Waals surface area (Å²) >= 11 is 0. The second-order valence-corrected chi connectivity index (χ2v) is 4.54. The molecule has 0 bridgehead atoms. The van der Waals surface area contributed by atoms with Gasteiger partial charge in [0, 0.05) is 32.5 Å². The highest BCUT2D eigenvalue weighted by molar-refractivity contribution is 5.49. The van der Waals surface area contributed by atoms with Crippen molar-refractivity contribution in [3.8, 4) is 6.07 Å². The molecule has 90 valence electrons. The molecule has 1 aliphatic rings. The maximum absolute atomic E-state index is 8.76. The molecule has 0 spiro atoms. The van der Waals surface area contributed by atoms with E-state index in [1.807, 2.05) is 24.3 Å². The Morgan fingerprint density at radius 2 is 1.94 bits per heavy atom. The first-order valence-electron chi connectivity index (χ1n) is 6.07. The number of hydrogen-bond donors (Lipinski definition) is 0. The number of ether oxygens (including phenoxy) is 1. The average Bonchev–Trinajstić information content (AvgIpc) is 2.40. The lowest BCUT2D eigenvalue weighted by Crippen LogP contribution is -2.34. The third kappa shape index (κ3) is 2.98. The van der Waals surface area contributed by atoms with Crippen molar-refractivity contribution in [2.45, 2.75) is 12.8 Å². The fraction of sp³-hybridized carbons (Fsp3) is 0.500. The van der Waals surface area contributed by atoms with Gasteiger partial charge in [0.2, 0.25) is 0 Å². The van der Waals surface area contributed by atoms with E-state index in [0.29, 0.717) is 5.92 Å². The summed E-state index contributed by atoms with van der Waals surface area (Å²) in [6.45, 7) is 3.04. The van der Waals surface area contributed by atoms with Gasteiger partial charge in [-0.05, 0) is 43.0 Å². The number of methoxy groups -OCH3 is 1. The van der Waals surface area contributed by atoms with Crippen LogP contribution in [0.25, 0.3) is 0 Å². The Balaban J connectivity index is 1.94. The lowest BCUT2D eigenvalue weighted by atomic mass is 9.97. The number of nitrogens with zero attached hydrogens (tertiary/aromatic N) is 2. The van der Waals surface area contributed by atoms with Crippen LogP contribution >= 0.6 is 0 Å². The van der Waals surface area contributed by atoms with E-state index in [2.05, 4.69) is 11.0 Å². The highest BCUT2D eigenvalue weighted by atomic mass is 16.5. The first-order chi connectivity index (χ1) is 8.33. The van der Waals surface area contributed by atoms with E-state index in [1.165, 1.54) is 18.5 Å². The summed E-state index contributed by atoms with van der Waals surface area (Å²) in [4.78, 5) is 2.38. The molecule has 1 aromatic rings. The molecule has 0 aromatic heterocycles. The van der Waals surface area contributed by atoms with Gasteiger partial charge < -0.3 is 9.64 Å². The smallest absolute Gasteiger partial charge is 0.0991 e. The molecule has 17 heavy (non-hydrogen) atoms. The summed E-state index contributed by atoms with van der Waals surface area (Å²) in [7, 11) is 1.77. The molecular weight excluding hydrogens is 212 g/mol. The second-order valence-electron chi connectivity index (χ2n) is 4.54. The van der Waals surface area contributed by atoms with E-state index in [9.17, 15) is 0 Å². The first kappa shape index (κ1) is 11.9. The molecule has 0 atom stereocenters. The van der Waals surface area contributed by atoms with Crippen LogP contribution in [-0.4, -0.2) is 26.8 Å². The van der Waals surface area contributed by atoms with Gasteiger partial charge in [-0.1, -0.05) is 0 Å². The number of nitriles is 1. The lowest BCUT2D eigenvalue weighted by Gasteiger charge is -2.33. The van der Waals surface area contributed by atoms with Crippen LogP contribution in [0.3, 0.4) is 0 Å². The predicted molar refractivity (Wildman–Crippen MR) is 68.0 cm³/mol. The second kappa shape index (κ2) is 5.70. The largest absolute Gasteiger partial charge is 0.384 e. The average molecular weight is 230 g/mol. The molecule has 1 aliphatic heterocycles. The predicted octanol–water partition coefficient (Wildman–Crippen LogP) is 2.42. The summed E-state index contributed by atoms with van der Waals surface area (Å²) in [5, 5.41) is 8.76. The normalized spacial score (nSPS) is 16.8. The lowest BCUT2D eigenvalue weighted by molar-refractivity contribution is 0.139. The van der Waals surface area contributed by atoms with Gasteiger partial charge in [-0.2, -0.15) is 5.26 Å². The monoisotopic (exact) mass is 230 g/mol. The number of hydrogen-bond acceptors (Lipinski definition) is 3. The molecule has 0 saturated carbocycles. The van der Waals surface area contributed by atoms with Crippen molar-refractivity contribution in [2.75, 3.05) is 31.7 Å². The van der Waals surface area contributed by atoms with Crippen LogP contribution in [0.5, 0.6) is 0 Å². The highest BCUT2D eigenvalue weighted by Crippen LogP contribution is 2.23. The van der Waals surface area contributed by atoms with Gasteiger partial charge in [-0.3, -0.25) is 0 Å². The van der Waals surface area contributed by atoms with E-state index >= 15 is 0 Å². The Hall–Kier alpha value is -1.53. The van der Waals surface area contributed by atoms with Crippen LogP contribution in [0.15, 0.2) is 24.3 Å². The third-order valence-electron chi connectivity index (χ3n) is 3.38. The minimum absolute atomic E-state index is 0.703. The molecule has 1 heterocycles. The van der Waals surface area contributed by atoms with Gasteiger partial charge in [-0.15, -0.1) is 0 Å². The molecule has 1 aromatic carbocycles. The van der Waals surface area contributed by atoms with Gasteiger partial charge >= 0.3 is 0 Å². The fourth-order valence-corrected chi connectivity index (χ4v) is 2.34. The van der Waals surface area contributed by atoms with E-state index in [-0.39, 0.29) is 0 Å². The molecule has 1 fully saturated rings. The molecule has 0 aliphatic carbocycles. The van der Waals surface area contributed by atoms with E-state index < -0.39 is 0 Å². The molecule has 0 radical (unpaired) electrons. The Kier molecular flexibility index (Phi) is 4.00. The summed E-state index contributed by atoms with van der Waals surface area (Å²) < 4.78 is 5.20. The van der Waals surface area contributed by atoms with Crippen LogP contribution in [-0.2, 0) is 4.74 Å². The summed E-state index contributed by atoms with van der Waals surface area (Å²) in [6.07, 6.45) is 2.38. The van der Waals surface area contributed by atoms with Gasteiger partial charge in [0.25, 0.3) is 0 Å². The maximum Gasteiger partial charge on any atom is 0.0991 e. The SMILES string of the molecule is COCC1CCN(c2ccc(C#N)cc2)CC1. The Labute approximate surface area is 103 Å². The highest BCUT2D eigenvalue weighted by Gasteiger charge is 2.18. The fourth-order valence-electron chi connectivity index (χ4n) is 2.34. The molecule has 3 nitrogen and oxygen atoms in total. The molecule has 3 heteroatoms. The zero-order valence-corrected chi connectivity index (χ0v) is 10.2. The molecule has 0 amide bonds. The Morgan fingerprint density at radius 1 is 1.29 bits per heavy atom. The minimum Gasteiger partial charge on any atom is -0.384 e. The van der Waals surface area contributed by atoms with Gasteiger partial charge in [0.1, 0.15) is 0 Å². The molecule has 2 rings (SSSR count). The maximum atomic E-state index is 8.76. The van der Waals surface area contributed by atoms with Crippen molar-refractivity contribution in [1.29, 1.82) is 5.26 Å². The van der Waals surface area contributed by atoms with Gasteiger partial charge in [0.05, 0.1) is 11.6 Å². The first-order valence-corrected chi connectivity index (χ1v) is 6.07. The Bertz CT molecular complexity index is 386. The summed E-state index contributed by atoms with van der Waals surface area (Å²) in [6, 6.07) is 9.99. The number of piperidine rings is 1. The molecule has 0 unspecified atom stereocenters. The van der Waals surface area contributed by atoms with Crippen LogP contribution in [0, 0.1) is 17.2 Å². The number of anilines is 1. The zero-order valence-electron chi connectivity index (χ0n) is 10.2. The van der Waals surface area contributed by atoms with Crippen molar-refractivity contribution >= 4 is 5.69 Å². The van der Waals surface area contributed by atoms with Crippen molar-refractivity contribution in [3.63, 3.8) is 0 Å². The van der Waals surface area contributed by atoms with Crippen molar-refractivity contribution in [1.82, 2.24) is 0 Å².